The highest BCUT2D eigenvalue weighted by molar-refractivity contribution is 5.76. The molecule has 6 nitrogen and oxygen atoms in total. The van der Waals surface area contributed by atoms with Crippen molar-refractivity contribution in [1.82, 2.24) is 5.32 Å². The lowest BCUT2D eigenvalue weighted by molar-refractivity contribution is -0.143. The summed E-state index contributed by atoms with van der Waals surface area (Å²) in [7, 11) is 0. The Labute approximate surface area is 397 Å². The molecule has 0 fully saturated rings. The highest BCUT2D eigenvalue weighted by Gasteiger charge is 2.18. The lowest BCUT2D eigenvalue weighted by Crippen LogP contribution is -2.45. The van der Waals surface area contributed by atoms with Crippen molar-refractivity contribution in [2.24, 2.45) is 0 Å². The number of esters is 1. The van der Waals surface area contributed by atoms with Crippen molar-refractivity contribution >= 4 is 11.9 Å². The minimum Gasteiger partial charge on any atom is -0.466 e. The fourth-order valence-corrected chi connectivity index (χ4v) is 8.25. The standard InChI is InChI=1S/C58H107NO5/c1-3-5-7-9-11-13-15-17-18-19-20-21-22-23-24-25-27-30-34-38-42-46-50-56(61)55(54-60)59-57(62)51-47-43-39-35-31-28-29-33-37-41-45-49-53-64-58(63)52-48-44-40-36-32-26-16-14-12-10-8-6-4-2/h8,10,14,16,29,33,46,50,55-56,60-61H,3-7,9,11-13,15,17-28,30-32,34-45,47-49,51-54H2,1-2H3,(H,59,62)/b10-8-,16-14-,33-29-,50-46+. The Morgan fingerprint density at radius 3 is 1.27 bits per heavy atom. The Morgan fingerprint density at radius 1 is 0.438 bits per heavy atom. The van der Waals surface area contributed by atoms with Gasteiger partial charge in [-0.2, -0.15) is 0 Å². The predicted molar refractivity (Wildman–Crippen MR) is 278 cm³/mol. The maximum Gasteiger partial charge on any atom is 0.305 e. The van der Waals surface area contributed by atoms with Gasteiger partial charge in [0.05, 0.1) is 25.4 Å². The minimum absolute atomic E-state index is 0.0400. The zero-order valence-electron chi connectivity index (χ0n) is 42.5. The second-order valence-electron chi connectivity index (χ2n) is 18.9. The molecule has 64 heavy (non-hydrogen) atoms. The molecule has 0 aliphatic rings. The summed E-state index contributed by atoms with van der Waals surface area (Å²) in [6.45, 7) is 4.78. The molecule has 0 saturated carbocycles. The van der Waals surface area contributed by atoms with Crippen LogP contribution in [0.15, 0.2) is 48.6 Å². The van der Waals surface area contributed by atoms with E-state index in [-0.39, 0.29) is 18.5 Å². The van der Waals surface area contributed by atoms with E-state index in [4.69, 9.17) is 4.74 Å². The summed E-state index contributed by atoms with van der Waals surface area (Å²) in [5.74, 6) is -0.134. The SMILES string of the molecule is CCC/C=C\C/C=C\CCCCCCCC(=O)OCCCCC/C=C\CCCCCCCC(=O)NC(CO)C(O)/C=C/CCCCCCCCCCCCCCCCCCCCCC. The van der Waals surface area contributed by atoms with E-state index in [0.29, 0.717) is 19.4 Å². The summed E-state index contributed by atoms with van der Waals surface area (Å²) in [5, 5.41) is 23.1. The quantitative estimate of drug-likeness (QED) is 0.0321. The molecular weight excluding hydrogens is 791 g/mol. The summed E-state index contributed by atoms with van der Waals surface area (Å²) in [6.07, 6.45) is 67.0. The number of carbonyl (C=O) groups excluding carboxylic acids is 2. The number of nitrogens with one attached hydrogen (secondary N) is 1. The van der Waals surface area contributed by atoms with Crippen LogP contribution in [0.1, 0.15) is 284 Å². The summed E-state index contributed by atoms with van der Waals surface area (Å²) in [6, 6.07) is -0.649. The van der Waals surface area contributed by atoms with E-state index in [9.17, 15) is 19.8 Å². The van der Waals surface area contributed by atoms with Crippen LogP contribution < -0.4 is 5.32 Å². The van der Waals surface area contributed by atoms with Gasteiger partial charge >= 0.3 is 5.97 Å². The number of carbonyl (C=O) groups is 2. The van der Waals surface area contributed by atoms with Gasteiger partial charge in [-0.3, -0.25) is 9.59 Å². The molecular formula is C58H107NO5. The van der Waals surface area contributed by atoms with E-state index >= 15 is 0 Å². The molecule has 6 heteroatoms. The van der Waals surface area contributed by atoms with Crippen LogP contribution in [-0.2, 0) is 14.3 Å². The number of hydrogen-bond acceptors (Lipinski definition) is 5. The monoisotopic (exact) mass is 898 g/mol. The number of rotatable bonds is 51. The van der Waals surface area contributed by atoms with Gasteiger partial charge in [0.1, 0.15) is 0 Å². The fraction of sp³-hybridized carbons (Fsp3) is 0.828. The van der Waals surface area contributed by atoms with Crippen molar-refractivity contribution in [2.75, 3.05) is 13.2 Å². The van der Waals surface area contributed by atoms with Crippen LogP contribution in [0.4, 0.5) is 0 Å². The molecule has 0 rings (SSSR count). The van der Waals surface area contributed by atoms with Crippen molar-refractivity contribution in [1.29, 1.82) is 0 Å². The number of allylic oxidation sites excluding steroid dienone is 7. The predicted octanol–water partition coefficient (Wildman–Crippen LogP) is 17.0. The van der Waals surface area contributed by atoms with Crippen LogP contribution >= 0.6 is 0 Å². The average molecular weight is 898 g/mol. The second kappa shape index (κ2) is 53.4. The molecule has 0 aromatic heterocycles. The van der Waals surface area contributed by atoms with Gasteiger partial charge < -0.3 is 20.3 Å². The van der Waals surface area contributed by atoms with Crippen molar-refractivity contribution < 1.29 is 24.5 Å². The molecule has 0 aliphatic heterocycles. The lowest BCUT2D eigenvalue weighted by atomic mass is 10.0. The van der Waals surface area contributed by atoms with Gasteiger partial charge in [0.15, 0.2) is 0 Å². The first kappa shape index (κ1) is 61.8. The van der Waals surface area contributed by atoms with E-state index in [0.717, 1.165) is 103 Å². The van der Waals surface area contributed by atoms with Gasteiger partial charge in [-0.05, 0) is 89.9 Å². The smallest absolute Gasteiger partial charge is 0.305 e. The molecule has 0 aliphatic carbocycles. The third-order valence-electron chi connectivity index (χ3n) is 12.5. The van der Waals surface area contributed by atoms with Gasteiger partial charge in [-0.15, -0.1) is 0 Å². The molecule has 2 atom stereocenters. The molecule has 0 bridgehead atoms. The first-order chi connectivity index (χ1) is 31.5. The molecule has 374 valence electrons. The second-order valence-corrected chi connectivity index (χ2v) is 18.9. The number of unbranched alkanes of at least 4 members (excludes halogenated alkanes) is 34. The number of ether oxygens (including phenoxy) is 1. The number of hydrogen-bond donors (Lipinski definition) is 3. The Morgan fingerprint density at radius 2 is 0.812 bits per heavy atom. The van der Waals surface area contributed by atoms with Crippen LogP contribution in [0.2, 0.25) is 0 Å². The van der Waals surface area contributed by atoms with E-state index in [1.165, 1.54) is 154 Å². The number of amides is 1. The normalized spacial score (nSPS) is 13.0. The first-order valence-electron chi connectivity index (χ1n) is 27.9. The van der Waals surface area contributed by atoms with Crippen molar-refractivity contribution in [3.8, 4) is 0 Å². The zero-order chi connectivity index (χ0) is 46.5. The van der Waals surface area contributed by atoms with E-state index in [2.05, 4.69) is 55.6 Å². The molecule has 0 saturated heterocycles. The molecule has 0 aromatic carbocycles. The summed E-state index contributed by atoms with van der Waals surface area (Å²) in [5.41, 5.74) is 0. The van der Waals surface area contributed by atoms with Crippen LogP contribution in [0.5, 0.6) is 0 Å². The molecule has 0 radical (unpaired) electrons. The molecule has 0 spiro atoms. The maximum absolute atomic E-state index is 12.5. The lowest BCUT2D eigenvalue weighted by Gasteiger charge is -2.20. The van der Waals surface area contributed by atoms with Crippen LogP contribution in [0.25, 0.3) is 0 Å². The maximum atomic E-state index is 12.5. The fourth-order valence-electron chi connectivity index (χ4n) is 8.25. The highest BCUT2D eigenvalue weighted by Crippen LogP contribution is 2.16. The van der Waals surface area contributed by atoms with Gasteiger partial charge in [-0.25, -0.2) is 0 Å². The molecule has 1 amide bonds. The van der Waals surface area contributed by atoms with Crippen molar-refractivity contribution in [3.63, 3.8) is 0 Å². The van der Waals surface area contributed by atoms with E-state index in [1.54, 1.807) is 6.08 Å². The van der Waals surface area contributed by atoms with Crippen molar-refractivity contribution in [3.05, 3.63) is 48.6 Å². The van der Waals surface area contributed by atoms with Gasteiger partial charge in [0.25, 0.3) is 0 Å². The summed E-state index contributed by atoms with van der Waals surface area (Å²) >= 11 is 0. The van der Waals surface area contributed by atoms with E-state index < -0.39 is 12.1 Å². The third-order valence-corrected chi connectivity index (χ3v) is 12.5. The Bertz CT molecular complexity index is 1080. The molecule has 0 aromatic rings. The average Bonchev–Trinajstić information content (AvgIpc) is 3.29. The van der Waals surface area contributed by atoms with Crippen molar-refractivity contribution in [2.45, 2.75) is 296 Å². The largest absolute Gasteiger partial charge is 0.466 e. The highest BCUT2D eigenvalue weighted by atomic mass is 16.5. The first-order valence-corrected chi connectivity index (χ1v) is 27.9. The Kier molecular flexibility index (Phi) is 51.6. The minimum atomic E-state index is -0.863. The topological polar surface area (TPSA) is 95.9 Å². The van der Waals surface area contributed by atoms with Crippen LogP contribution in [0.3, 0.4) is 0 Å². The number of aliphatic hydroxyl groups is 2. The molecule has 2 unspecified atom stereocenters. The molecule has 0 heterocycles. The zero-order valence-corrected chi connectivity index (χ0v) is 42.5. The number of aliphatic hydroxyl groups excluding tert-OH is 2. The Hall–Kier alpha value is -2.18. The Balaban J connectivity index is 3.55. The van der Waals surface area contributed by atoms with E-state index in [1.807, 2.05) is 6.08 Å². The molecule has 3 N–H and O–H groups in total. The summed E-state index contributed by atoms with van der Waals surface area (Å²) in [4.78, 5) is 24.5. The van der Waals surface area contributed by atoms with Gasteiger partial charge in [-0.1, -0.05) is 229 Å². The van der Waals surface area contributed by atoms with Gasteiger partial charge in [0.2, 0.25) is 5.91 Å². The summed E-state index contributed by atoms with van der Waals surface area (Å²) < 4.78 is 5.43. The van der Waals surface area contributed by atoms with Crippen LogP contribution in [0, 0.1) is 0 Å². The van der Waals surface area contributed by atoms with Gasteiger partial charge in [0, 0.05) is 12.8 Å². The third kappa shape index (κ3) is 49.3. The van der Waals surface area contributed by atoms with Crippen LogP contribution in [-0.4, -0.2) is 47.4 Å².